The maximum Gasteiger partial charge on any atom is 0.244 e. The molecule has 1 aliphatic rings. The first-order valence-corrected chi connectivity index (χ1v) is 5.44. The maximum absolute atomic E-state index is 11.9. The molecule has 0 bridgehead atoms. The van der Waals surface area contributed by atoms with E-state index in [1.807, 2.05) is 24.3 Å². The molecule has 0 aliphatic carbocycles. The molecule has 16 heavy (non-hydrogen) atoms. The molecule has 0 saturated carbocycles. The first kappa shape index (κ1) is 11.0. The van der Waals surface area contributed by atoms with Gasteiger partial charge in [0.15, 0.2) is 0 Å². The third-order valence-electron chi connectivity index (χ3n) is 2.86. The van der Waals surface area contributed by atoms with Gasteiger partial charge in [-0.2, -0.15) is 0 Å². The fraction of sp³-hybridized carbons (Fsp3) is 0.417. The van der Waals surface area contributed by atoms with E-state index in [-0.39, 0.29) is 11.9 Å². The Bertz CT molecular complexity index is 392. The Kier molecular flexibility index (Phi) is 3.10. The molecule has 2 N–H and O–H groups in total. The highest BCUT2D eigenvalue weighted by atomic mass is 16.5. The highest BCUT2D eigenvalue weighted by Crippen LogP contribution is 2.30. The largest absolute Gasteiger partial charge is 0.495 e. The third-order valence-corrected chi connectivity index (χ3v) is 2.86. The Hall–Kier alpha value is -1.55. The summed E-state index contributed by atoms with van der Waals surface area (Å²) in [6, 6.07) is 7.14. The molecule has 1 saturated heterocycles. The first-order valence-electron chi connectivity index (χ1n) is 5.44. The standard InChI is InChI=1S/C12H16N2O2/c1-16-11-7-3-2-6-10(11)14-8-4-5-9(13)12(14)15/h2-3,6-7,9H,4-5,8,13H2,1H3/t9-/m0/s1. The van der Waals surface area contributed by atoms with Crippen LogP contribution < -0.4 is 15.4 Å². The summed E-state index contributed by atoms with van der Waals surface area (Å²) in [6.07, 6.45) is 1.70. The number of methoxy groups -OCH3 is 1. The molecule has 4 heteroatoms. The van der Waals surface area contributed by atoms with E-state index < -0.39 is 0 Å². The topological polar surface area (TPSA) is 55.6 Å². The van der Waals surface area contributed by atoms with Crippen molar-refractivity contribution in [3.63, 3.8) is 0 Å². The summed E-state index contributed by atoms with van der Waals surface area (Å²) in [5.74, 6) is 0.695. The second-order valence-corrected chi connectivity index (χ2v) is 3.91. The van der Waals surface area contributed by atoms with Crippen LogP contribution in [0.25, 0.3) is 0 Å². The van der Waals surface area contributed by atoms with Crippen LogP contribution in [0.2, 0.25) is 0 Å². The lowest BCUT2D eigenvalue weighted by Gasteiger charge is -2.31. The number of ether oxygens (including phenoxy) is 1. The number of hydrogen-bond acceptors (Lipinski definition) is 3. The summed E-state index contributed by atoms with van der Waals surface area (Å²) >= 11 is 0. The van der Waals surface area contributed by atoms with Crippen molar-refractivity contribution >= 4 is 11.6 Å². The molecule has 0 aromatic heterocycles. The van der Waals surface area contributed by atoms with E-state index >= 15 is 0 Å². The summed E-state index contributed by atoms with van der Waals surface area (Å²) < 4.78 is 5.25. The van der Waals surface area contributed by atoms with Crippen LogP contribution in [0.5, 0.6) is 5.75 Å². The second kappa shape index (κ2) is 4.53. The van der Waals surface area contributed by atoms with E-state index in [2.05, 4.69) is 0 Å². The van der Waals surface area contributed by atoms with Crippen molar-refractivity contribution in [2.75, 3.05) is 18.6 Å². The maximum atomic E-state index is 11.9. The number of rotatable bonds is 2. The van der Waals surface area contributed by atoms with Gasteiger partial charge >= 0.3 is 0 Å². The number of benzene rings is 1. The number of carbonyl (C=O) groups excluding carboxylic acids is 1. The van der Waals surface area contributed by atoms with Gasteiger partial charge in [-0.15, -0.1) is 0 Å². The zero-order valence-electron chi connectivity index (χ0n) is 9.35. The van der Waals surface area contributed by atoms with E-state index in [4.69, 9.17) is 10.5 Å². The van der Waals surface area contributed by atoms with Crippen LogP contribution in [0.1, 0.15) is 12.8 Å². The highest BCUT2D eigenvalue weighted by Gasteiger charge is 2.28. The van der Waals surface area contributed by atoms with E-state index in [1.54, 1.807) is 12.0 Å². The van der Waals surface area contributed by atoms with Crippen molar-refractivity contribution in [3.05, 3.63) is 24.3 Å². The molecule has 0 radical (unpaired) electrons. The van der Waals surface area contributed by atoms with Crippen LogP contribution in [-0.2, 0) is 4.79 Å². The van der Waals surface area contributed by atoms with Gasteiger partial charge in [-0.05, 0) is 25.0 Å². The number of para-hydroxylation sites is 2. The van der Waals surface area contributed by atoms with Gasteiger partial charge in [0, 0.05) is 6.54 Å². The molecular weight excluding hydrogens is 204 g/mol. The molecule has 1 atom stereocenters. The van der Waals surface area contributed by atoms with E-state index in [1.165, 1.54) is 0 Å². The average molecular weight is 220 g/mol. The van der Waals surface area contributed by atoms with E-state index in [0.29, 0.717) is 12.3 Å². The summed E-state index contributed by atoms with van der Waals surface area (Å²) in [7, 11) is 1.60. The monoisotopic (exact) mass is 220 g/mol. The van der Waals surface area contributed by atoms with Crippen LogP contribution in [0.3, 0.4) is 0 Å². The van der Waals surface area contributed by atoms with Crippen LogP contribution in [0, 0.1) is 0 Å². The number of amides is 1. The Balaban J connectivity index is 2.32. The molecule has 2 rings (SSSR count). The molecule has 1 aliphatic heterocycles. The minimum Gasteiger partial charge on any atom is -0.495 e. The van der Waals surface area contributed by atoms with Crippen LogP contribution in [0.4, 0.5) is 5.69 Å². The quantitative estimate of drug-likeness (QED) is 0.813. The molecule has 86 valence electrons. The van der Waals surface area contributed by atoms with Crippen LogP contribution in [-0.4, -0.2) is 25.6 Å². The van der Waals surface area contributed by atoms with Crippen molar-refractivity contribution in [2.24, 2.45) is 5.73 Å². The lowest BCUT2D eigenvalue weighted by Crippen LogP contribution is -2.48. The Morgan fingerprint density at radius 3 is 2.94 bits per heavy atom. The number of piperidine rings is 1. The Morgan fingerprint density at radius 2 is 2.19 bits per heavy atom. The fourth-order valence-corrected chi connectivity index (χ4v) is 2.00. The van der Waals surface area contributed by atoms with Crippen LogP contribution >= 0.6 is 0 Å². The normalized spacial score (nSPS) is 21.0. The number of anilines is 1. The predicted octanol–water partition coefficient (Wildman–Crippen LogP) is 1.15. The van der Waals surface area contributed by atoms with Crippen molar-refractivity contribution in [3.8, 4) is 5.75 Å². The van der Waals surface area contributed by atoms with Crippen molar-refractivity contribution in [1.82, 2.24) is 0 Å². The molecule has 0 spiro atoms. The van der Waals surface area contributed by atoms with E-state index in [0.717, 1.165) is 18.5 Å². The predicted molar refractivity (Wildman–Crippen MR) is 62.6 cm³/mol. The number of carbonyl (C=O) groups is 1. The van der Waals surface area contributed by atoms with Gasteiger partial charge in [-0.25, -0.2) is 0 Å². The lowest BCUT2D eigenvalue weighted by atomic mass is 10.0. The average Bonchev–Trinajstić information content (AvgIpc) is 2.33. The summed E-state index contributed by atoms with van der Waals surface area (Å²) in [4.78, 5) is 13.7. The molecule has 1 aromatic rings. The van der Waals surface area contributed by atoms with E-state index in [9.17, 15) is 4.79 Å². The van der Waals surface area contributed by atoms with Gasteiger partial charge in [0.25, 0.3) is 0 Å². The van der Waals surface area contributed by atoms with Crippen molar-refractivity contribution in [1.29, 1.82) is 0 Å². The molecule has 0 unspecified atom stereocenters. The molecule has 1 fully saturated rings. The SMILES string of the molecule is COc1ccccc1N1CCC[C@H](N)C1=O. The van der Waals surface area contributed by atoms with Crippen molar-refractivity contribution < 1.29 is 9.53 Å². The number of nitrogens with two attached hydrogens (primary N) is 1. The zero-order valence-corrected chi connectivity index (χ0v) is 9.35. The lowest BCUT2D eigenvalue weighted by molar-refractivity contribution is -0.120. The minimum absolute atomic E-state index is 0.0178. The van der Waals surface area contributed by atoms with Gasteiger partial charge in [0.2, 0.25) is 5.91 Å². The molecular formula is C12H16N2O2. The molecule has 1 amide bonds. The summed E-state index contributed by atoms with van der Waals surface area (Å²) in [6.45, 7) is 0.715. The molecule has 4 nitrogen and oxygen atoms in total. The van der Waals surface area contributed by atoms with Gasteiger partial charge in [-0.3, -0.25) is 4.79 Å². The molecule has 1 heterocycles. The smallest absolute Gasteiger partial charge is 0.244 e. The third kappa shape index (κ3) is 1.88. The Labute approximate surface area is 95.0 Å². The number of nitrogens with zero attached hydrogens (tertiary/aromatic N) is 1. The second-order valence-electron chi connectivity index (χ2n) is 3.91. The minimum atomic E-state index is -0.376. The number of hydrogen-bond donors (Lipinski definition) is 1. The van der Waals surface area contributed by atoms with Gasteiger partial charge in [-0.1, -0.05) is 12.1 Å². The van der Waals surface area contributed by atoms with Gasteiger partial charge < -0.3 is 15.4 Å². The fourth-order valence-electron chi connectivity index (χ4n) is 2.00. The Morgan fingerprint density at radius 1 is 1.44 bits per heavy atom. The first-order chi connectivity index (χ1) is 7.74. The molecule has 1 aromatic carbocycles. The van der Waals surface area contributed by atoms with Gasteiger partial charge in [0.1, 0.15) is 5.75 Å². The summed E-state index contributed by atoms with van der Waals surface area (Å²) in [5, 5.41) is 0. The highest BCUT2D eigenvalue weighted by molar-refractivity contribution is 5.98. The summed E-state index contributed by atoms with van der Waals surface area (Å²) in [5.41, 5.74) is 6.58. The zero-order chi connectivity index (χ0) is 11.5. The van der Waals surface area contributed by atoms with Crippen LogP contribution in [0.15, 0.2) is 24.3 Å². The van der Waals surface area contributed by atoms with Gasteiger partial charge in [0.05, 0.1) is 18.8 Å². The van der Waals surface area contributed by atoms with Crippen molar-refractivity contribution in [2.45, 2.75) is 18.9 Å².